The number of nitrogens with one attached hydrogen (secondary N) is 1. The summed E-state index contributed by atoms with van der Waals surface area (Å²) in [6, 6.07) is 1.86. The molecule has 20 heavy (non-hydrogen) atoms. The van der Waals surface area contributed by atoms with Gasteiger partial charge in [0.25, 0.3) is 0 Å². The minimum absolute atomic E-state index is 0.118. The second-order valence-electron chi connectivity index (χ2n) is 5.54. The number of ether oxygens (including phenoxy) is 2. The highest BCUT2D eigenvalue weighted by Gasteiger charge is 2.13. The molecule has 1 fully saturated rings. The number of aryl methyl sites for hydroxylation is 1. The van der Waals surface area contributed by atoms with Crippen molar-refractivity contribution in [1.82, 2.24) is 9.97 Å². The summed E-state index contributed by atoms with van der Waals surface area (Å²) >= 11 is 0. The lowest BCUT2D eigenvalue weighted by Gasteiger charge is -2.22. The lowest BCUT2D eigenvalue weighted by molar-refractivity contribution is 0.0134. The van der Waals surface area contributed by atoms with Crippen molar-refractivity contribution in [2.75, 3.05) is 18.5 Å². The maximum atomic E-state index is 5.71. The summed E-state index contributed by atoms with van der Waals surface area (Å²) in [6.07, 6.45) is 5.13. The van der Waals surface area contributed by atoms with Crippen molar-refractivity contribution < 1.29 is 9.47 Å². The topological polar surface area (TPSA) is 56.3 Å². The van der Waals surface area contributed by atoms with Crippen molar-refractivity contribution in [2.24, 2.45) is 0 Å². The second-order valence-corrected chi connectivity index (χ2v) is 5.54. The monoisotopic (exact) mass is 279 g/mol. The van der Waals surface area contributed by atoms with Crippen molar-refractivity contribution in [3.8, 4) is 5.88 Å². The number of aromatic nitrogens is 2. The van der Waals surface area contributed by atoms with Crippen molar-refractivity contribution in [1.29, 1.82) is 0 Å². The summed E-state index contributed by atoms with van der Waals surface area (Å²) in [7, 11) is 0. The molecule has 0 bridgehead atoms. The Morgan fingerprint density at radius 3 is 2.95 bits per heavy atom. The first-order valence-corrected chi connectivity index (χ1v) is 7.51. The standard InChI is InChI=1S/C15H25N3O2/c1-11(2)20-14-10-12(3)17-15(18-14)16-8-7-13-6-4-5-9-19-13/h10-11,13H,4-9H2,1-3H3,(H,16,17,18). The summed E-state index contributed by atoms with van der Waals surface area (Å²) < 4.78 is 11.3. The van der Waals surface area contributed by atoms with Crippen LogP contribution in [0, 0.1) is 6.92 Å². The zero-order valence-corrected chi connectivity index (χ0v) is 12.7. The van der Waals surface area contributed by atoms with Crippen LogP contribution in [0.5, 0.6) is 5.88 Å². The Bertz CT molecular complexity index is 418. The fourth-order valence-electron chi connectivity index (χ4n) is 2.30. The summed E-state index contributed by atoms with van der Waals surface area (Å²) in [5.74, 6) is 1.26. The Labute approximate surface area is 121 Å². The van der Waals surface area contributed by atoms with E-state index in [0.29, 0.717) is 17.9 Å². The molecule has 0 aliphatic carbocycles. The quantitative estimate of drug-likeness (QED) is 0.867. The predicted octanol–water partition coefficient (Wildman–Crippen LogP) is 2.94. The molecule has 1 saturated heterocycles. The number of anilines is 1. The van der Waals surface area contributed by atoms with Gasteiger partial charge in [-0.1, -0.05) is 0 Å². The highest BCUT2D eigenvalue weighted by molar-refractivity contribution is 5.30. The van der Waals surface area contributed by atoms with Gasteiger partial charge >= 0.3 is 0 Å². The molecule has 1 N–H and O–H groups in total. The van der Waals surface area contributed by atoms with Gasteiger partial charge in [-0.15, -0.1) is 0 Å². The molecule has 0 radical (unpaired) electrons. The average Bonchev–Trinajstić information content (AvgIpc) is 2.38. The van der Waals surface area contributed by atoms with Gasteiger partial charge < -0.3 is 14.8 Å². The summed E-state index contributed by atoms with van der Waals surface area (Å²) in [5, 5.41) is 3.26. The van der Waals surface area contributed by atoms with Crippen LogP contribution in [0.25, 0.3) is 0 Å². The van der Waals surface area contributed by atoms with Gasteiger partial charge in [0, 0.05) is 24.9 Å². The Kier molecular flexibility index (Phi) is 5.59. The third-order valence-electron chi connectivity index (χ3n) is 3.21. The zero-order chi connectivity index (χ0) is 14.4. The smallest absolute Gasteiger partial charge is 0.226 e. The molecule has 1 aliphatic heterocycles. The molecular weight excluding hydrogens is 254 g/mol. The minimum Gasteiger partial charge on any atom is -0.475 e. The maximum absolute atomic E-state index is 5.71. The van der Waals surface area contributed by atoms with Crippen molar-refractivity contribution >= 4 is 5.95 Å². The van der Waals surface area contributed by atoms with Crippen molar-refractivity contribution in [3.05, 3.63) is 11.8 Å². The van der Waals surface area contributed by atoms with E-state index in [-0.39, 0.29) is 6.10 Å². The number of hydrogen-bond donors (Lipinski definition) is 1. The average molecular weight is 279 g/mol. The summed E-state index contributed by atoms with van der Waals surface area (Å²) in [5.41, 5.74) is 0.909. The molecule has 2 heterocycles. The highest BCUT2D eigenvalue weighted by atomic mass is 16.5. The van der Waals surface area contributed by atoms with Crippen LogP contribution in [-0.2, 0) is 4.74 Å². The fraction of sp³-hybridized carbons (Fsp3) is 0.733. The fourth-order valence-corrected chi connectivity index (χ4v) is 2.30. The van der Waals surface area contributed by atoms with Crippen LogP contribution in [0.2, 0.25) is 0 Å². The lowest BCUT2D eigenvalue weighted by atomic mass is 10.1. The highest BCUT2D eigenvalue weighted by Crippen LogP contribution is 2.16. The van der Waals surface area contributed by atoms with Crippen LogP contribution >= 0.6 is 0 Å². The second kappa shape index (κ2) is 7.43. The molecule has 0 amide bonds. The Balaban J connectivity index is 1.83. The van der Waals surface area contributed by atoms with Gasteiger partial charge in [0.15, 0.2) is 0 Å². The molecule has 5 heteroatoms. The molecule has 1 atom stereocenters. The largest absolute Gasteiger partial charge is 0.475 e. The third-order valence-corrected chi connectivity index (χ3v) is 3.21. The van der Waals surface area contributed by atoms with Gasteiger partial charge in [0.05, 0.1) is 12.2 Å². The molecule has 0 saturated carbocycles. The molecule has 2 rings (SSSR count). The Morgan fingerprint density at radius 2 is 2.25 bits per heavy atom. The normalized spacial score (nSPS) is 19.1. The van der Waals surface area contributed by atoms with Crippen molar-refractivity contribution in [3.63, 3.8) is 0 Å². The Morgan fingerprint density at radius 1 is 1.40 bits per heavy atom. The molecule has 5 nitrogen and oxygen atoms in total. The third kappa shape index (κ3) is 4.96. The molecule has 1 aromatic heterocycles. The first kappa shape index (κ1) is 15.0. The van der Waals surface area contributed by atoms with Gasteiger partial charge in [0.1, 0.15) is 0 Å². The first-order chi connectivity index (χ1) is 9.63. The molecule has 0 aromatic carbocycles. The van der Waals surface area contributed by atoms with Gasteiger partial charge in [-0.3, -0.25) is 0 Å². The number of hydrogen-bond acceptors (Lipinski definition) is 5. The van der Waals surface area contributed by atoms with E-state index in [1.165, 1.54) is 12.8 Å². The first-order valence-electron chi connectivity index (χ1n) is 7.51. The molecule has 1 aliphatic rings. The lowest BCUT2D eigenvalue weighted by Crippen LogP contribution is -2.22. The van der Waals surface area contributed by atoms with Gasteiger partial charge in [-0.05, 0) is 46.5 Å². The van der Waals surface area contributed by atoms with Gasteiger partial charge in [0.2, 0.25) is 11.8 Å². The summed E-state index contributed by atoms with van der Waals surface area (Å²) in [4.78, 5) is 8.75. The van der Waals surface area contributed by atoms with E-state index in [0.717, 1.165) is 31.7 Å². The summed E-state index contributed by atoms with van der Waals surface area (Å²) in [6.45, 7) is 7.66. The maximum Gasteiger partial charge on any atom is 0.226 e. The molecule has 1 unspecified atom stereocenters. The van der Waals surface area contributed by atoms with E-state index in [4.69, 9.17) is 9.47 Å². The van der Waals surface area contributed by atoms with Crippen LogP contribution in [0.4, 0.5) is 5.95 Å². The number of nitrogens with zero attached hydrogens (tertiary/aromatic N) is 2. The van der Waals surface area contributed by atoms with E-state index in [2.05, 4.69) is 15.3 Å². The van der Waals surface area contributed by atoms with Crippen LogP contribution in [-0.4, -0.2) is 35.3 Å². The minimum atomic E-state index is 0.118. The van der Waals surface area contributed by atoms with Gasteiger partial charge in [-0.2, -0.15) is 4.98 Å². The van der Waals surface area contributed by atoms with E-state index in [1.807, 2.05) is 26.8 Å². The van der Waals surface area contributed by atoms with E-state index < -0.39 is 0 Å². The molecule has 112 valence electrons. The van der Waals surface area contributed by atoms with E-state index in [9.17, 15) is 0 Å². The Hall–Kier alpha value is -1.36. The van der Waals surface area contributed by atoms with Crippen LogP contribution in [0.3, 0.4) is 0 Å². The predicted molar refractivity (Wildman–Crippen MR) is 79.2 cm³/mol. The SMILES string of the molecule is Cc1cc(OC(C)C)nc(NCCC2CCCCO2)n1. The van der Waals surface area contributed by atoms with E-state index in [1.54, 1.807) is 0 Å². The van der Waals surface area contributed by atoms with Crippen LogP contribution < -0.4 is 10.1 Å². The van der Waals surface area contributed by atoms with Crippen molar-refractivity contribution in [2.45, 2.75) is 58.7 Å². The van der Waals surface area contributed by atoms with E-state index >= 15 is 0 Å². The van der Waals surface area contributed by atoms with Crippen LogP contribution in [0.15, 0.2) is 6.07 Å². The zero-order valence-electron chi connectivity index (χ0n) is 12.7. The van der Waals surface area contributed by atoms with Crippen LogP contribution in [0.1, 0.15) is 45.2 Å². The molecule has 1 aromatic rings. The number of rotatable bonds is 6. The van der Waals surface area contributed by atoms with Gasteiger partial charge in [-0.25, -0.2) is 4.98 Å². The molecular formula is C15H25N3O2. The molecule has 0 spiro atoms.